The van der Waals surface area contributed by atoms with Gasteiger partial charge in [-0.05, 0) is 44.0 Å². The maximum atomic E-state index is 12.8. The molecule has 27 heavy (non-hydrogen) atoms. The molecule has 2 aromatic rings. The van der Waals surface area contributed by atoms with Crippen molar-refractivity contribution in [3.8, 4) is 0 Å². The standard InChI is InChI=1S/C20H23N3O3S/c1-2-26-20(25)23-13-10-15(11-14-23)22-18(24)17-9-6-12-21-19(17)27-16-7-4-3-5-8-16/h3-9,12,15H,2,10-11,13-14H2,1H3,(H,22,24). The second-order valence-electron chi connectivity index (χ2n) is 6.20. The largest absolute Gasteiger partial charge is 0.450 e. The lowest BCUT2D eigenvalue weighted by atomic mass is 10.0. The van der Waals surface area contributed by atoms with Crippen molar-refractivity contribution < 1.29 is 14.3 Å². The van der Waals surface area contributed by atoms with E-state index in [9.17, 15) is 9.59 Å². The Kier molecular flexibility index (Phi) is 6.70. The van der Waals surface area contributed by atoms with Crippen molar-refractivity contribution in [2.75, 3.05) is 19.7 Å². The van der Waals surface area contributed by atoms with E-state index in [4.69, 9.17) is 4.74 Å². The summed E-state index contributed by atoms with van der Waals surface area (Å²) in [6.45, 7) is 3.34. The van der Waals surface area contributed by atoms with Crippen LogP contribution >= 0.6 is 11.8 Å². The molecule has 0 saturated carbocycles. The average molecular weight is 385 g/mol. The number of rotatable bonds is 5. The smallest absolute Gasteiger partial charge is 0.409 e. The molecule has 1 aliphatic rings. The lowest BCUT2D eigenvalue weighted by molar-refractivity contribution is 0.0857. The first-order valence-electron chi connectivity index (χ1n) is 9.08. The molecule has 1 fully saturated rings. The molecule has 0 aliphatic carbocycles. The Labute approximate surface area is 163 Å². The summed E-state index contributed by atoms with van der Waals surface area (Å²) in [7, 11) is 0. The highest BCUT2D eigenvalue weighted by atomic mass is 32.2. The van der Waals surface area contributed by atoms with Crippen molar-refractivity contribution in [3.63, 3.8) is 0 Å². The van der Waals surface area contributed by atoms with Gasteiger partial charge in [0.1, 0.15) is 5.03 Å². The Hall–Kier alpha value is -2.54. The Morgan fingerprint density at radius 2 is 1.93 bits per heavy atom. The van der Waals surface area contributed by atoms with Crippen molar-refractivity contribution in [2.45, 2.75) is 35.7 Å². The van der Waals surface area contributed by atoms with Gasteiger partial charge in [-0.25, -0.2) is 9.78 Å². The quantitative estimate of drug-likeness (QED) is 0.852. The van der Waals surface area contributed by atoms with E-state index in [2.05, 4.69) is 10.3 Å². The van der Waals surface area contributed by atoms with Crippen molar-refractivity contribution in [1.29, 1.82) is 0 Å². The number of ether oxygens (including phenoxy) is 1. The highest BCUT2D eigenvalue weighted by molar-refractivity contribution is 7.99. The maximum Gasteiger partial charge on any atom is 0.409 e. The van der Waals surface area contributed by atoms with Gasteiger partial charge in [0.2, 0.25) is 0 Å². The SMILES string of the molecule is CCOC(=O)N1CCC(NC(=O)c2cccnc2Sc2ccccc2)CC1. The van der Waals surface area contributed by atoms with Crippen LogP contribution in [0.3, 0.4) is 0 Å². The van der Waals surface area contributed by atoms with E-state index >= 15 is 0 Å². The Bertz CT molecular complexity index is 777. The van der Waals surface area contributed by atoms with Crippen molar-refractivity contribution >= 4 is 23.8 Å². The van der Waals surface area contributed by atoms with Gasteiger partial charge in [-0.2, -0.15) is 0 Å². The van der Waals surface area contributed by atoms with Crippen LogP contribution in [0.1, 0.15) is 30.1 Å². The summed E-state index contributed by atoms with van der Waals surface area (Å²) in [6, 6.07) is 13.5. The molecular formula is C20H23N3O3S. The first-order chi connectivity index (χ1) is 13.2. The van der Waals surface area contributed by atoms with Crippen LogP contribution in [0.4, 0.5) is 4.79 Å². The number of nitrogens with one attached hydrogen (secondary N) is 1. The molecule has 1 aromatic carbocycles. The van der Waals surface area contributed by atoms with Gasteiger partial charge in [0.05, 0.1) is 12.2 Å². The molecule has 0 atom stereocenters. The summed E-state index contributed by atoms with van der Waals surface area (Å²) in [6.07, 6.45) is 2.84. The fraction of sp³-hybridized carbons (Fsp3) is 0.350. The number of nitrogens with zero attached hydrogens (tertiary/aromatic N) is 2. The predicted octanol–water partition coefficient (Wildman–Crippen LogP) is 3.58. The first kappa shape index (κ1) is 19.2. The van der Waals surface area contributed by atoms with E-state index in [1.54, 1.807) is 30.2 Å². The molecule has 1 aromatic heterocycles. The molecule has 2 amide bonds. The minimum atomic E-state index is -0.281. The number of amides is 2. The van der Waals surface area contributed by atoms with Crippen molar-refractivity contribution in [1.82, 2.24) is 15.2 Å². The number of benzene rings is 1. The third-order valence-corrected chi connectivity index (χ3v) is 5.36. The van der Waals surface area contributed by atoms with E-state index in [0.717, 1.165) is 4.90 Å². The van der Waals surface area contributed by atoms with Gasteiger partial charge in [0, 0.05) is 30.2 Å². The average Bonchev–Trinajstić information content (AvgIpc) is 2.70. The summed E-state index contributed by atoms with van der Waals surface area (Å²) in [4.78, 5) is 31.6. The van der Waals surface area contributed by atoms with Crippen LogP contribution in [-0.2, 0) is 4.74 Å². The van der Waals surface area contributed by atoms with Crippen LogP contribution in [0.2, 0.25) is 0 Å². The molecule has 7 heteroatoms. The van der Waals surface area contributed by atoms with Gasteiger partial charge in [-0.3, -0.25) is 4.79 Å². The van der Waals surface area contributed by atoms with Crippen LogP contribution in [-0.4, -0.2) is 47.6 Å². The number of likely N-dealkylation sites (tertiary alicyclic amines) is 1. The second kappa shape index (κ2) is 9.41. The molecular weight excluding hydrogens is 362 g/mol. The van der Waals surface area contributed by atoms with Crippen molar-refractivity contribution in [3.05, 3.63) is 54.2 Å². The van der Waals surface area contributed by atoms with Gasteiger partial charge in [-0.1, -0.05) is 30.0 Å². The molecule has 6 nitrogen and oxygen atoms in total. The Morgan fingerprint density at radius 3 is 2.63 bits per heavy atom. The molecule has 0 spiro atoms. The van der Waals surface area contributed by atoms with Crippen LogP contribution in [0, 0.1) is 0 Å². The first-order valence-corrected chi connectivity index (χ1v) is 9.89. The number of carbonyl (C=O) groups excluding carboxylic acids is 2. The number of pyridine rings is 1. The summed E-state index contributed by atoms with van der Waals surface area (Å²) in [5, 5.41) is 3.77. The molecule has 1 saturated heterocycles. The predicted molar refractivity (Wildman–Crippen MR) is 104 cm³/mol. The van der Waals surface area contributed by atoms with Gasteiger partial charge in [-0.15, -0.1) is 0 Å². The lowest BCUT2D eigenvalue weighted by Gasteiger charge is -2.31. The number of aromatic nitrogens is 1. The zero-order chi connectivity index (χ0) is 19.1. The van der Waals surface area contributed by atoms with E-state index < -0.39 is 0 Å². The summed E-state index contributed by atoms with van der Waals surface area (Å²) < 4.78 is 5.03. The van der Waals surface area contributed by atoms with E-state index in [-0.39, 0.29) is 18.0 Å². The zero-order valence-electron chi connectivity index (χ0n) is 15.3. The van der Waals surface area contributed by atoms with Gasteiger partial charge in [0.15, 0.2) is 0 Å². The van der Waals surface area contributed by atoms with Crippen LogP contribution in [0.5, 0.6) is 0 Å². The molecule has 1 N–H and O–H groups in total. The molecule has 2 heterocycles. The number of hydrogen-bond acceptors (Lipinski definition) is 5. The molecule has 1 aliphatic heterocycles. The summed E-state index contributed by atoms with van der Waals surface area (Å²) in [5.41, 5.74) is 0.569. The van der Waals surface area contributed by atoms with Crippen LogP contribution in [0.25, 0.3) is 0 Å². The van der Waals surface area contributed by atoms with Crippen molar-refractivity contribution in [2.24, 2.45) is 0 Å². The zero-order valence-corrected chi connectivity index (χ0v) is 16.1. The fourth-order valence-electron chi connectivity index (χ4n) is 2.93. The summed E-state index contributed by atoms with van der Waals surface area (Å²) in [5.74, 6) is -0.129. The number of piperidine rings is 1. The van der Waals surface area contributed by atoms with Gasteiger partial charge < -0.3 is 15.0 Å². The van der Waals surface area contributed by atoms with Gasteiger partial charge in [0.25, 0.3) is 5.91 Å². The molecule has 0 bridgehead atoms. The maximum absolute atomic E-state index is 12.8. The highest BCUT2D eigenvalue weighted by Gasteiger charge is 2.25. The third kappa shape index (κ3) is 5.23. The van der Waals surface area contributed by atoms with Crippen LogP contribution < -0.4 is 5.32 Å². The Balaban J connectivity index is 1.60. The second-order valence-corrected chi connectivity index (χ2v) is 7.27. The van der Waals surface area contributed by atoms with Crippen LogP contribution in [0.15, 0.2) is 58.6 Å². The lowest BCUT2D eigenvalue weighted by Crippen LogP contribution is -2.46. The minimum Gasteiger partial charge on any atom is -0.450 e. The molecule has 0 radical (unpaired) electrons. The molecule has 3 rings (SSSR count). The highest BCUT2D eigenvalue weighted by Crippen LogP contribution is 2.28. The van der Waals surface area contributed by atoms with E-state index in [0.29, 0.717) is 43.1 Å². The summed E-state index contributed by atoms with van der Waals surface area (Å²) >= 11 is 1.47. The van der Waals surface area contributed by atoms with E-state index in [1.807, 2.05) is 30.3 Å². The normalized spacial score (nSPS) is 14.6. The fourth-order valence-corrected chi connectivity index (χ4v) is 3.83. The molecule has 0 unspecified atom stereocenters. The Morgan fingerprint density at radius 1 is 1.19 bits per heavy atom. The number of carbonyl (C=O) groups is 2. The number of hydrogen-bond donors (Lipinski definition) is 1. The topological polar surface area (TPSA) is 71.5 Å². The molecule has 142 valence electrons. The monoisotopic (exact) mass is 385 g/mol. The third-order valence-electron chi connectivity index (χ3n) is 4.33. The minimum absolute atomic E-state index is 0.0398. The van der Waals surface area contributed by atoms with E-state index in [1.165, 1.54) is 11.8 Å². The van der Waals surface area contributed by atoms with Gasteiger partial charge >= 0.3 is 6.09 Å².